The molecule has 2 aromatic carbocycles. The Hall–Kier alpha value is -3.27. The number of nitrogens with one attached hydrogen (secondary N) is 1. The lowest BCUT2D eigenvalue weighted by Gasteiger charge is -2.08. The van der Waals surface area contributed by atoms with Gasteiger partial charge in [0.1, 0.15) is 5.75 Å². The maximum absolute atomic E-state index is 12.2. The molecule has 2 aromatic rings. The Labute approximate surface area is 187 Å². The fraction of sp³-hybridized carbons (Fsp3) is 0.286. The summed E-state index contributed by atoms with van der Waals surface area (Å²) in [5, 5.41) is 13.2. The largest absolute Gasteiger partial charge is 0.494 e. The zero-order valence-electron chi connectivity index (χ0n) is 16.8. The van der Waals surface area contributed by atoms with Crippen molar-refractivity contribution in [3.63, 3.8) is 0 Å². The van der Waals surface area contributed by atoms with Gasteiger partial charge in [0, 0.05) is 28.6 Å². The van der Waals surface area contributed by atoms with Crippen molar-refractivity contribution in [1.29, 1.82) is 0 Å². The summed E-state index contributed by atoms with van der Waals surface area (Å²) in [6.45, 7) is 2.04. The van der Waals surface area contributed by atoms with Crippen LogP contribution in [0.25, 0.3) is 0 Å². The van der Waals surface area contributed by atoms with Crippen LogP contribution in [0.5, 0.6) is 5.75 Å². The number of ketones is 1. The van der Waals surface area contributed by atoms with E-state index >= 15 is 0 Å². The molecule has 0 aliphatic carbocycles. The molecule has 0 unspecified atom stereocenters. The number of hydrogen-bond acceptors (Lipinski definition) is 7. The SMILES string of the molecule is CCCOc1ccc(C(=O)CCC(=O)OCC(=O)Nc2ccc([N+](=O)[O-])cc2Br)cc1. The van der Waals surface area contributed by atoms with Crippen LogP contribution in [0.3, 0.4) is 0 Å². The quantitative estimate of drug-likeness (QED) is 0.214. The molecule has 0 radical (unpaired) electrons. The van der Waals surface area contributed by atoms with Gasteiger partial charge in [0.15, 0.2) is 12.4 Å². The molecule has 0 aliphatic heterocycles. The number of nitrogens with zero attached hydrogens (tertiary/aromatic N) is 1. The molecule has 164 valence electrons. The zero-order valence-corrected chi connectivity index (χ0v) is 18.3. The van der Waals surface area contributed by atoms with Crippen molar-refractivity contribution in [3.8, 4) is 5.75 Å². The van der Waals surface area contributed by atoms with E-state index in [4.69, 9.17) is 9.47 Å². The van der Waals surface area contributed by atoms with Crippen LogP contribution < -0.4 is 10.1 Å². The van der Waals surface area contributed by atoms with Crippen molar-refractivity contribution in [2.24, 2.45) is 0 Å². The predicted octanol–water partition coefficient (Wildman–Crippen LogP) is 4.29. The summed E-state index contributed by atoms with van der Waals surface area (Å²) in [5.74, 6) is -0.854. The predicted molar refractivity (Wildman–Crippen MR) is 116 cm³/mol. The van der Waals surface area contributed by atoms with Gasteiger partial charge in [-0.1, -0.05) is 6.92 Å². The van der Waals surface area contributed by atoms with Crippen LogP contribution in [0.4, 0.5) is 11.4 Å². The molecule has 1 amide bonds. The third kappa shape index (κ3) is 7.82. The van der Waals surface area contributed by atoms with Crippen LogP contribution in [-0.2, 0) is 14.3 Å². The van der Waals surface area contributed by atoms with Gasteiger partial charge in [-0.05, 0) is 52.7 Å². The summed E-state index contributed by atoms with van der Waals surface area (Å²) in [4.78, 5) is 46.1. The van der Waals surface area contributed by atoms with E-state index < -0.39 is 23.4 Å². The van der Waals surface area contributed by atoms with E-state index in [1.54, 1.807) is 24.3 Å². The smallest absolute Gasteiger partial charge is 0.306 e. The number of carbonyl (C=O) groups excluding carboxylic acids is 3. The Morgan fingerprint density at radius 2 is 1.81 bits per heavy atom. The van der Waals surface area contributed by atoms with Gasteiger partial charge in [0.25, 0.3) is 11.6 Å². The van der Waals surface area contributed by atoms with E-state index in [1.807, 2.05) is 6.92 Å². The minimum Gasteiger partial charge on any atom is -0.494 e. The maximum Gasteiger partial charge on any atom is 0.306 e. The van der Waals surface area contributed by atoms with Gasteiger partial charge in [0.2, 0.25) is 0 Å². The number of rotatable bonds is 11. The molecule has 0 aromatic heterocycles. The van der Waals surface area contributed by atoms with Gasteiger partial charge >= 0.3 is 5.97 Å². The number of halogens is 1. The Morgan fingerprint density at radius 3 is 2.42 bits per heavy atom. The molecule has 10 heteroatoms. The van der Waals surface area contributed by atoms with E-state index in [1.165, 1.54) is 18.2 Å². The standard InChI is InChI=1S/C21H21BrN2O7/c1-2-11-30-16-6-3-14(4-7-16)19(25)9-10-21(27)31-13-20(26)23-18-8-5-15(24(28)29)12-17(18)22/h3-8,12H,2,9-11,13H2,1H3,(H,23,26). The highest BCUT2D eigenvalue weighted by molar-refractivity contribution is 9.10. The molecule has 0 heterocycles. The number of carbonyl (C=O) groups is 3. The summed E-state index contributed by atoms with van der Waals surface area (Å²) in [6, 6.07) is 10.5. The van der Waals surface area contributed by atoms with Crippen molar-refractivity contribution < 1.29 is 28.8 Å². The average molecular weight is 493 g/mol. The summed E-state index contributed by atoms with van der Waals surface area (Å²) < 4.78 is 10.7. The number of amides is 1. The van der Waals surface area contributed by atoms with Crippen molar-refractivity contribution in [1.82, 2.24) is 0 Å². The van der Waals surface area contributed by atoms with Gasteiger partial charge in [0.05, 0.1) is 23.6 Å². The van der Waals surface area contributed by atoms with Crippen LogP contribution in [0.2, 0.25) is 0 Å². The average Bonchev–Trinajstić information content (AvgIpc) is 2.76. The molecule has 0 bridgehead atoms. The minimum absolute atomic E-state index is 0.0521. The fourth-order valence-corrected chi connectivity index (χ4v) is 2.91. The van der Waals surface area contributed by atoms with E-state index in [0.717, 1.165) is 6.42 Å². The Balaban J connectivity index is 1.75. The van der Waals surface area contributed by atoms with E-state index in [9.17, 15) is 24.5 Å². The molecule has 0 spiro atoms. The van der Waals surface area contributed by atoms with Gasteiger partial charge < -0.3 is 14.8 Å². The van der Waals surface area contributed by atoms with Gasteiger partial charge in [-0.2, -0.15) is 0 Å². The Bertz CT molecular complexity index is 961. The lowest BCUT2D eigenvalue weighted by Crippen LogP contribution is -2.21. The second kappa shape index (κ2) is 11.8. The molecular formula is C21H21BrN2O7. The topological polar surface area (TPSA) is 125 Å². The van der Waals surface area contributed by atoms with Crippen LogP contribution in [0.1, 0.15) is 36.5 Å². The van der Waals surface area contributed by atoms with Gasteiger partial charge in [-0.15, -0.1) is 0 Å². The molecule has 0 saturated heterocycles. The second-order valence-electron chi connectivity index (χ2n) is 6.43. The number of esters is 1. The molecular weight excluding hydrogens is 472 g/mol. The van der Waals surface area contributed by atoms with E-state index in [-0.39, 0.29) is 24.3 Å². The first kappa shape index (κ1) is 24.0. The third-order valence-electron chi connectivity index (χ3n) is 4.01. The van der Waals surface area contributed by atoms with Crippen molar-refractivity contribution >= 4 is 45.0 Å². The van der Waals surface area contributed by atoms with Crippen molar-refractivity contribution in [3.05, 3.63) is 62.6 Å². The molecule has 0 aliphatic rings. The summed E-state index contributed by atoms with van der Waals surface area (Å²) >= 11 is 3.13. The number of anilines is 1. The first-order valence-electron chi connectivity index (χ1n) is 9.45. The molecule has 9 nitrogen and oxygen atoms in total. The fourth-order valence-electron chi connectivity index (χ4n) is 2.44. The number of nitro groups is 1. The molecule has 0 atom stereocenters. The van der Waals surface area contributed by atoms with E-state index in [0.29, 0.717) is 28.1 Å². The third-order valence-corrected chi connectivity index (χ3v) is 4.66. The Morgan fingerprint density at radius 1 is 1.10 bits per heavy atom. The number of hydrogen-bond donors (Lipinski definition) is 1. The summed E-state index contributed by atoms with van der Waals surface area (Å²) in [7, 11) is 0. The van der Waals surface area contributed by atoms with Crippen molar-refractivity contribution in [2.75, 3.05) is 18.5 Å². The number of ether oxygens (including phenoxy) is 2. The van der Waals surface area contributed by atoms with Crippen molar-refractivity contribution in [2.45, 2.75) is 26.2 Å². The lowest BCUT2D eigenvalue weighted by molar-refractivity contribution is -0.384. The summed E-state index contributed by atoms with van der Waals surface area (Å²) in [5.41, 5.74) is 0.620. The highest BCUT2D eigenvalue weighted by Crippen LogP contribution is 2.27. The highest BCUT2D eigenvalue weighted by Gasteiger charge is 2.14. The molecule has 2 rings (SSSR count). The molecule has 31 heavy (non-hydrogen) atoms. The normalized spacial score (nSPS) is 10.3. The minimum atomic E-state index is -0.686. The molecule has 0 saturated carbocycles. The van der Waals surface area contributed by atoms with Crippen LogP contribution >= 0.6 is 15.9 Å². The number of non-ortho nitro benzene ring substituents is 1. The Kier molecular flexibility index (Phi) is 9.13. The van der Waals surface area contributed by atoms with Crippen LogP contribution in [0.15, 0.2) is 46.9 Å². The molecule has 0 fully saturated rings. The first-order chi connectivity index (χ1) is 14.8. The van der Waals surface area contributed by atoms with Crippen LogP contribution in [-0.4, -0.2) is 35.8 Å². The first-order valence-corrected chi connectivity index (χ1v) is 10.2. The second-order valence-corrected chi connectivity index (χ2v) is 7.28. The number of benzene rings is 2. The maximum atomic E-state index is 12.2. The summed E-state index contributed by atoms with van der Waals surface area (Å²) in [6.07, 6.45) is 0.664. The van der Waals surface area contributed by atoms with Gasteiger partial charge in [-0.25, -0.2) is 0 Å². The number of Topliss-reactive ketones (excluding diaryl/α,β-unsaturated/α-hetero) is 1. The number of nitro benzene ring substituents is 1. The lowest BCUT2D eigenvalue weighted by atomic mass is 10.1. The highest BCUT2D eigenvalue weighted by atomic mass is 79.9. The van der Waals surface area contributed by atoms with E-state index in [2.05, 4.69) is 21.2 Å². The van der Waals surface area contributed by atoms with Crippen LogP contribution in [0, 0.1) is 10.1 Å². The zero-order chi connectivity index (χ0) is 22.8. The molecule has 1 N–H and O–H groups in total. The van der Waals surface area contributed by atoms with Gasteiger partial charge in [-0.3, -0.25) is 24.5 Å². The monoisotopic (exact) mass is 492 g/mol.